The summed E-state index contributed by atoms with van der Waals surface area (Å²) in [6.07, 6.45) is -0.0838. The SMILES string of the molecule is COC1([SiH](c2ccccc2)c2ccccc2)O[C@H](COC(C)(C)C)[C@H]2O[C@H]21. The van der Waals surface area contributed by atoms with E-state index in [0.717, 1.165) is 0 Å². The summed E-state index contributed by atoms with van der Waals surface area (Å²) in [4.78, 5) is 0. The molecule has 2 aromatic rings. The molecule has 2 aromatic carbocycles. The number of fused-ring (bicyclic) bond motifs is 1. The van der Waals surface area contributed by atoms with E-state index in [2.05, 4.69) is 69.3 Å². The summed E-state index contributed by atoms with van der Waals surface area (Å²) in [5, 5.41) is 2.58. The fourth-order valence-electron chi connectivity index (χ4n) is 4.02. The van der Waals surface area contributed by atoms with Gasteiger partial charge < -0.3 is 18.9 Å². The fraction of sp³-hybridized carbons (Fsp3) is 0.455. The zero-order valence-corrected chi connectivity index (χ0v) is 17.6. The van der Waals surface area contributed by atoms with E-state index in [0.29, 0.717) is 6.61 Å². The fourth-order valence-corrected chi connectivity index (χ4v) is 7.70. The molecule has 0 saturated carbocycles. The third-order valence-corrected chi connectivity index (χ3v) is 8.90. The molecule has 4 rings (SSSR count). The predicted octanol–water partition coefficient (Wildman–Crippen LogP) is 1.89. The van der Waals surface area contributed by atoms with Gasteiger partial charge >= 0.3 is 0 Å². The first-order chi connectivity index (χ1) is 12.9. The molecule has 2 aliphatic heterocycles. The third kappa shape index (κ3) is 3.62. The summed E-state index contributed by atoms with van der Waals surface area (Å²) in [7, 11) is -0.138. The van der Waals surface area contributed by atoms with Crippen LogP contribution < -0.4 is 10.4 Å². The highest BCUT2D eigenvalue weighted by Crippen LogP contribution is 2.48. The van der Waals surface area contributed by atoms with Crippen LogP contribution in [0.4, 0.5) is 0 Å². The van der Waals surface area contributed by atoms with Crippen LogP contribution >= 0.6 is 0 Å². The van der Waals surface area contributed by atoms with Crippen molar-refractivity contribution in [1.82, 2.24) is 0 Å². The highest BCUT2D eigenvalue weighted by Gasteiger charge is 2.70. The van der Waals surface area contributed by atoms with E-state index in [1.807, 2.05) is 12.1 Å². The van der Waals surface area contributed by atoms with Gasteiger partial charge in [-0.1, -0.05) is 71.0 Å². The summed E-state index contributed by atoms with van der Waals surface area (Å²) in [6.45, 7) is 6.69. The zero-order valence-electron chi connectivity index (χ0n) is 16.4. The summed E-state index contributed by atoms with van der Waals surface area (Å²) in [5.74, 6) is 0. The van der Waals surface area contributed by atoms with Gasteiger partial charge in [0.1, 0.15) is 18.3 Å². The minimum absolute atomic E-state index is 0.0341. The number of epoxide rings is 1. The first-order valence-electron chi connectivity index (χ1n) is 9.57. The van der Waals surface area contributed by atoms with Gasteiger partial charge in [-0.2, -0.15) is 0 Å². The number of benzene rings is 2. The Bertz CT molecular complexity index is 721. The average molecular weight is 385 g/mol. The molecule has 0 amide bonds. The van der Waals surface area contributed by atoms with Crippen LogP contribution in [0.25, 0.3) is 0 Å². The van der Waals surface area contributed by atoms with Crippen molar-refractivity contribution in [3.05, 3.63) is 60.7 Å². The second kappa shape index (κ2) is 7.15. The van der Waals surface area contributed by atoms with Gasteiger partial charge in [0.05, 0.1) is 12.2 Å². The quantitative estimate of drug-likeness (QED) is 0.563. The van der Waals surface area contributed by atoms with E-state index in [1.54, 1.807) is 7.11 Å². The Balaban J connectivity index is 1.68. The van der Waals surface area contributed by atoms with Crippen molar-refractivity contribution >= 4 is 19.2 Å². The lowest BCUT2D eigenvalue weighted by molar-refractivity contribution is -0.210. The van der Waals surface area contributed by atoms with Crippen molar-refractivity contribution in [2.24, 2.45) is 0 Å². The van der Waals surface area contributed by atoms with Gasteiger partial charge in [0.25, 0.3) is 0 Å². The first kappa shape index (κ1) is 18.8. The zero-order chi connectivity index (χ0) is 19.1. The van der Waals surface area contributed by atoms with E-state index in [1.165, 1.54) is 10.4 Å². The van der Waals surface area contributed by atoms with Crippen LogP contribution in [0.3, 0.4) is 0 Å². The molecule has 1 unspecified atom stereocenters. The molecule has 144 valence electrons. The number of ether oxygens (including phenoxy) is 4. The first-order valence-corrected chi connectivity index (χ1v) is 11.3. The van der Waals surface area contributed by atoms with Crippen molar-refractivity contribution in [3.8, 4) is 0 Å². The summed E-state index contributed by atoms with van der Waals surface area (Å²) >= 11 is 0. The molecule has 2 heterocycles. The molecule has 0 aliphatic carbocycles. The van der Waals surface area contributed by atoms with Crippen LogP contribution in [0.1, 0.15) is 20.8 Å². The van der Waals surface area contributed by atoms with Crippen molar-refractivity contribution in [1.29, 1.82) is 0 Å². The van der Waals surface area contributed by atoms with Gasteiger partial charge in [-0.15, -0.1) is 0 Å². The minimum Gasteiger partial charge on any atom is -0.373 e. The largest absolute Gasteiger partial charge is 0.373 e. The second-order valence-electron chi connectivity index (χ2n) is 8.28. The van der Waals surface area contributed by atoms with Gasteiger partial charge in [0, 0.05) is 7.11 Å². The van der Waals surface area contributed by atoms with Crippen LogP contribution in [0.5, 0.6) is 0 Å². The molecule has 2 fully saturated rings. The molecule has 5 heteroatoms. The highest BCUT2D eigenvalue weighted by atomic mass is 28.3. The Labute approximate surface area is 163 Å². The molecular weight excluding hydrogens is 356 g/mol. The summed E-state index contributed by atoms with van der Waals surface area (Å²) in [6, 6.07) is 21.2. The maximum absolute atomic E-state index is 6.62. The van der Waals surface area contributed by atoms with Gasteiger partial charge in [-0.25, -0.2) is 0 Å². The lowest BCUT2D eigenvalue weighted by Gasteiger charge is -2.37. The average Bonchev–Trinajstić information content (AvgIpc) is 3.41. The maximum atomic E-state index is 6.62. The van der Waals surface area contributed by atoms with E-state index in [-0.39, 0.29) is 23.9 Å². The van der Waals surface area contributed by atoms with Gasteiger partial charge in [0.2, 0.25) is 0 Å². The smallest absolute Gasteiger partial charge is 0.185 e. The topological polar surface area (TPSA) is 40.2 Å². The molecule has 2 aliphatic rings. The van der Waals surface area contributed by atoms with Crippen molar-refractivity contribution in [3.63, 3.8) is 0 Å². The Hall–Kier alpha value is -1.50. The van der Waals surface area contributed by atoms with Crippen LogP contribution in [-0.2, 0) is 18.9 Å². The normalized spacial score (nSPS) is 29.7. The number of hydrogen-bond donors (Lipinski definition) is 0. The molecule has 2 saturated heterocycles. The number of hydrogen-bond acceptors (Lipinski definition) is 4. The predicted molar refractivity (Wildman–Crippen MR) is 108 cm³/mol. The van der Waals surface area contributed by atoms with Crippen molar-refractivity contribution in [2.45, 2.75) is 50.1 Å². The maximum Gasteiger partial charge on any atom is 0.185 e. The third-order valence-electron chi connectivity index (χ3n) is 5.29. The lowest BCUT2D eigenvalue weighted by Crippen LogP contribution is -2.65. The van der Waals surface area contributed by atoms with Gasteiger partial charge in [0.15, 0.2) is 14.2 Å². The second-order valence-corrected chi connectivity index (χ2v) is 11.3. The number of rotatable bonds is 6. The van der Waals surface area contributed by atoms with Gasteiger partial charge in [-0.3, -0.25) is 0 Å². The van der Waals surface area contributed by atoms with Crippen LogP contribution in [-0.4, -0.2) is 51.8 Å². The lowest BCUT2D eigenvalue weighted by atomic mass is 10.2. The molecule has 0 bridgehead atoms. The Morgan fingerprint density at radius 1 is 0.963 bits per heavy atom. The van der Waals surface area contributed by atoms with Crippen molar-refractivity contribution in [2.75, 3.05) is 13.7 Å². The van der Waals surface area contributed by atoms with E-state index < -0.39 is 14.2 Å². The monoisotopic (exact) mass is 384 g/mol. The molecule has 0 spiro atoms. The van der Waals surface area contributed by atoms with Crippen LogP contribution in [0, 0.1) is 0 Å². The Morgan fingerprint density at radius 3 is 2.00 bits per heavy atom. The summed E-state index contributed by atoms with van der Waals surface area (Å²) in [5.41, 5.74) is -0.930. The Kier molecular flexibility index (Phi) is 4.99. The number of methoxy groups -OCH3 is 1. The highest BCUT2D eigenvalue weighted by molar-refractivity contribution is 6.87. The van der Waals surface area contributed by atoms with Crippen LogP contribution in [0.2, 0.25) is 0 Å². The Morgan fingerprint density at radius 2 is 1.52 bits per heavy atom. The van der Waals surface area contributed by atoms with E-state index in [4.69, 9.17) is 18.9 Å². The molecule has 0 radical (unpaired) electrons. The van der Waals surface area contributed by atoms with E-state index >= 15 is 0 Å². The van der Waals surface area contributed by atoms with Gasteiger partial charge in [-0.05, 0) is 20.8 Å². The molecule has 0 N–H and O–H groups in total. The van der Waals surface area contributed by atoms with Crippen molar-refractivity contribution < 1.29 is 18.9 Å². The molecular formula is C22H28O4Si. The minimum atomic E-state index is -1.89. The molecule has 27 heavy (non-hydrogen) atoms. The molecule has 4 nitrogen and oxygen atoms in total. The molecule has 0 aromatic heterocycles. The summed E-state index contributed by atoms with van der Waals surface area (Å²) < 4.78 is 24.8. The van der Waals surface area contributed by atoms with E-state index in [9.17, 15) is 0 Å². The van der Waals surface area contributed by atoms with Crippen LogP contribution in [0.15, 0.2) is 60.7 Å². The standard InChI is InChI=1S/C22H28O4Si/c1-21(2,3)24-15-18-19-20(25-19)22(23-4,26-18)27(16-11-7-5-8-12-16)17-13-9-6-10-14-17/h5-14,18-20,27H,15H2,1-4H3/t18-,19-,20-,22?/m1/s1. The molecule has 4 atom stereocenters.